The average molecular weight is 328 g/mol. The van der Waals surface area contributed by atoms with Gasteiger partial charge in [-0.05, 0) is 59.8 Å². The summed E-state index contributed by atoms with van der Waals surface area (Å²) in [6.45, 7) is 10.8. The lowest BCUT2D eigenvalue weighted by Gasteiger charge is -2.43. The Morgan fingerprint density at radius 1 is 1.04 bits per heavy atom. The molecule has 1 saturated carbocycles. The molecule has 1 N–H and O–H groups in total. The minimum absolute atomic E-state index is 0.209. The Labute approximate surface area is 137 Å². The average Bonchev–Trinajstić information content (AvgIpc) is 3.10. The van der Waals surface area contributed by atoms with Gasteiger partial charge in [-0.3, -0.25) is 0 Å². The standard InChI is InChI=1S/C16H28N2O5/c1-15(2,3)22-13(20)17-8-10-7-11(10)12(9-19)18(17)14(21)23-16(4,5)6/h10-12,19H,7-9H2,1-6H3. The van der Waals surface area contributed by atoms with Crippen LogP contribution in [0.4, 0.5) is 9.59 Å². The van der Waals surface area contributed by atoms with Gasteiger partial charge >= 0.3 is 12.2 Å². The summed E-state index contributed by atoms with van der Waals surface area (Å²) in [6.07, 6.45) is -0.330. The molecule has 3 atom stereocenters. The van der Waals surface area contributed by atoms with E-state index >= 15 is 0 Å². The molecule has 2 rings (SSSR count). The van der Waals surface area contributed by atoms with Crippen molar-refractivity contribution in [2.75, 3.05) is 13.2 Å². The van der Waals surface area contributed by atoms with E-state index in [1.54, 1.807) is 41.5 Å². The van der Waals surface area contributed by atoms with Crippen molar-refractivity contribution in [3.8, 4) is 0 Å². The number of hydrogen-bond acceptors (Lipinski definition) is 5. The molecular weight excluding hydrogens is 300 g/mol. The number of ether oxygens (including phenoxy) is 2. The van der Waals surface area contributed by atoms with Gasteiger partial charge in [0.05, 0.1) is 12.6 Å². The third kappa shape index (κ3) is 4.28. The van der Waals surface area contributed by atoms with E-state index in [-0.39, 0.29) is 12.5 Å². The van der Waals surface area contributed by atoms with E-state index in [1.807, 2.05) is 0 Å². The predicted molar refractivity (Wildman–Crippen MR) is 83.5 cm³/mol. The number of aliphatic hydroxyl groups is 1. The molecule has 7 heteroatoms. The van der Waals surface area contributed by atoms with Crippen LogP contribution in [0.2, 0.25) is 0 Å². The number of carbonyl (C=O) groups excluding carboxylic acids is 2. The first kappa shape index (κ1) is 17.8. The van der Waals surface area contributed by atoms with Gasteiger partial charge in [0.1, 0.15) is 11.2 Å². The lowest BCUT2D eigenvalue weighted by atomic mass is 10.1. The van der Waals surface area contributed by atoms with Gasteiger partial charge in [-0.25, -0.2) is 19.6 Å². The third-order valence-corrected chi connectivity index (χ3v) is 3.83. The molecule has 0 spiro atoms. The summed E-state index contributed by atoms with van der Waals surface area (Å²) < 4.78 is 10.8. The summed E-state index contributed by atoms with van der Waals surface area (Å²) in [6, 6.07) is -0.448. The van der Waals surface area contributed by atoms with Gasteiger partial charge in [-0.1, -0.05) is 0 Å². The van der Waals surface area contributed by atoms with Crippen molar-refractivity contribution in [2.24, 2.45) is 11.8 Å². The second kappa shape index (κ2) is 5.85. The summed E-state index contributed by atoms with van der Waals surface area (Å²) >= 11 is 0. The van der Waals surface area contributed by atoms with Crippen LogP contribution in [0.3, 0.4) is 0 Å². The molecule has 132 valence electrons. The van der Waals surface area contributed by atoms with Gasteiger partial charge < -0.3 is 14.6 Å². The first-order valence-corrected chi connectivity index (χ1v) is 8.06. The number of nitrogens with zero attached hydrogens (tertiary/aromatic N) is 2. The zero-order chi connectivity index (χ0) is 17.6. The fourth-order valence-electron chi connectivity index (χ4n) is 2.86. The number of carbonyl (C=O) groups is 2. The zero-order valence-electron chi connectivity index (χ0n) is 14.8. The normalized spacial score (nSPS) is 27.3. The maximum atomic E-state index is 12.6. The molecule has 2 aliphatic rings. The fourth-order valence-corrected chi connectivity index (χ4v) is 2.86. The first-order chi connectivity index (χ1) is 10.4. The Morgan fingerprint density at radius 2 is 1.57 bits per heavy atom. The van der Waals surface area contributed by atoms with Crippen LogP contribution in [0.15, 0.2) is 0 Å². The van der Waals surface area contributed by atoms with Gasteiger partial charge in [0.15, 0.2) is 0 Å². The topological polar surface area (TPSA) is 79.3 Å². The van der Waals surface area contributed by atoms with Crippen molar-refractivity contribution in [3.05, 3.63) is 0 Å². The van der Waals surface area contributed by atoms with Crippen LogP contribution in [0.1, 0.15) is 48.0 Å². The largest absolute Gasteiger partial charge is 0.442 e. The molecule has 0 aromatic rings. The molecule has 0 aromatic heterocycles. The fraction of sp³-hybridized carbons (Fsp3) is 0.875. The molecule has 0 radical (unpaired) electrons. The highest BCUT2D eigenvalue weighted by molar-refractivity contribution is 5.75. The number of rotatable bonds is 1. The summed E-state index contributed by atoms with van der Waals surface area (Å²) in [5, 5.41) is 12.2. The van der Waals surface area contributed by atoms with Crippen molar-refractivity contribution in [1.82, 2.24) is 10.0 Å². The zero-order valence-corrected chi connectivity index (χ0v) is 14.8. The minimum Gasteiger partial charge on any atom is -0.442 e. The molecule has 0 aromatic carbocycles. The summed E-state index contributed by atoms with van der Waals surface area (Å²) in [7, 11) is 0. The Kier molecular flexibility index (Phi) is 4.54. The molecule has 3 unspecified atom stereocenters. The highest BCUT2D eigenvalue weighted by Crippen LogP contribution is 2.48. The summed E-state index contributed by atoms with van der Waals surface area (Å²) in [4.78, 5) is 25.1. The van der Waals surface area contributed by atoms with Crippen LogP contribution in [0.25, 0.3) is 0 Å². The van der Waals surface area contributed by atoms with Crippen LogP contribution >= 0.6 is 0 Å². The third-order valence-electron chi connectivity index (χ3n) is 3.83. The highest BCUT2D eigenvalue weighted by Gasteiger charge is 2.55. The van der Waals surface area contributed by atoms with Crippen LogP contribution in [-0.2, 0) is 9.47 Å². The van der Waals surface area contributed by atoms with Gasteiger partial charge in [0.2, 0.25) is 0 Å². The Morgan fingerprint density at radius 3 is 2.04 bits per heavy atom. The maximum Gasteiger partial charge on any atom is 0.429 e. The number of hydrazine groups is 1. The van der Waals surface area contributed by atoms with E-state index < -0.39 is 29.4 Å². The van der Waals surface area contributed by atoms with Crippen molar-refractivity contribution in [2.45, 2.75) is 65.2 Å². The molecule has 1 heterocycles. The Hall–Kier alpha value is -1.50. The molecule has 1 aliphatic heterocycles. The maximum absolute atomic E-state index is 12.6. The summed E-state index contributed by atoms with van der Waals surface area (Å²) in [5.41, 5.74) is -1.34. The molecule has 0 bridgehead atoms. The van der Waals surface area contributed by atoms with Crippen molar-refractivity contribution in [1.29, 1.82) is 0 Å². The quantitative estimate of drug-likeness (QED) is 0.799. The molecule has 2 amide bonds. The van der Waals surface area contributed by atoms with Gasteiger partial charge in [0.25, 0.3) is 0 Å². The second-order valence-corrected chi connectivity index (χ2v) is 8.30. The van der Waals surface area contributed by atoms with E-state index in [0.717, 1.165) is 6.42 Å². The molecule has 1 aliphatic carbocycles. The molecule has 1 saturated heterocycles. The monoisotopic (exact) mass is 328 g/mol. The smallest absolute Gasteiger partial charge is 0.429 e. The highest BCUT2D eigenvalue weighted by atomic mass is 16.6. The van der Waals surface area contributed by atoms with Gasteiger partial charge in [0, 0.05) is 6.54 Å². The Bertz CT molecular complexity index is 480. The van der Waals surface area contributed by atoms with Crippen LogP contribution in [0, 0.1) is 11.8 Å². The molecule has 7 nitrogen and oxygen atoms in total. The summed E-state index contributed by atoms with van der Waals surface area (Å²) in [5.74, 6) is 0.518. The van der Waals surface area contributed by atoms with Gasteiger partial charge in [-0.15, -0.1) is 0 Å². The van der Waals surface area contributed by atoms with E-state index in [0.29, 0.717) is 12.5 Å². The minimum atomic E-state index is -0.683. The van der Waals surface area contributed by atoms with Gasteiger partial charge in [-0.2, -0.15) is 0 Å². The first-order valence-electron chi connectivity index (χ1n) is 8.06. The SMILES string of the molecule is CC(C)(C)OC(=O)N1CC2CC2C(CO)N1C(=O)OC(C)(C)C. The molecular formula is C16H28N2O5. The van der Waals surface area contributed by atoms with Crippen LogP contribution < -0.4 is 0 Å². The van der Waals surface area contributed by atoms with Crippen molar-refractivity contribution < 1.29 is 24.2 Å². The van der Waals surface area contributed by atoms with E-state index in [2.05, 4.69) is 0 Å². The molecule has 23 heavy (non-hydrogen) atoms. The van der Waals surface area contributed by atoms with Crippen molar-refractivity contribution >= 4 is 12.2 Å². The number of amides is 2. The number of aliphatic hydroxyl groups excluding tert-OH is 1. The van der Waals surface area contributed by atoms with Crippen LogP contribution in [-0.4, -0.2) is 57.7 Å². The second-order valence-electron chi connectivity index (χ2n) is 8.30. The number of hydrogen-bond donors (Lipinski definition) is 1. The number of fused-ring (bicyclic) bond motifs is 1. The predicted octanol–water partition coefficient (Wildman–Crippen LogP) is 2.39. The van der Waals surface area contributed by atoms with E-state index in [9.17, 15) is 14.7 Å². The van der Waals surface area contributed by atoms with Crippen LogP contribution in [0.5, 0.6) is 0 Å². The lowest BCUT2D eigenvalue weighted by molar-refractivity contribution is -0.105. The lowest BCUT2D eigenvalue weighted by Crippen LogP contribution is -2.61. The Balaban J connectivity index is 2.22. The van der Waals surface area contributed by atoms with E-state index in [4.69, 9.17) is 9.47 Å². The van der Waals surface area contributed by atoms with E-state index in [1.165, 1.54) is 10.0 Å². The van der Waals surface area contributed by atoms with Crippen molar-refractivity contribution in [3.63, 3.8) is 0 Å². The molecule has 2 fully saturated rings.